The van der Waals surface area contributed by atoms with Crippen molar-refractivity contribution in [2.24, 2.45) is 5.92 Å². The van der Waals surface area contributed by atoms with Crippen LogP contribution in [0.5, 0.6) is 0 Å². The highest BCUT2D eigenvalue weighted by molar-refractivity contribution is 7.22. The number of carbonyl (C=O) groups is 1. The summed E-state index contributed by atoms with van der Waals surface area (Å²) in [5.41, 5.74) is 2.93. The van der Waals surface area contributed by atoms with Gasteiger partial charge in [-0.2, -0.15) is 0 Å². The van der Waals surface area contributed by atoms with E-state index in [2.05, 4.69) is 87.7 Å². The third kappa shape index (κ3) is 5.98. The van der Waals surface area contributed by atoms with E-state index >= 15 is 0 Å². The zero-order valence-electron chi connectivity index (χ0n) is 26.5. The van der Waals surface area contributed by atoms with Gasteiger partial charge in [-0.1, -0.05) is 105 Å². The van der Waals surface area contributed by atoms with Crippen LogP contribution in [0.1, 0.15) is 63.2 Å². The Morgan fingerprint density at radius 2 is 1.43 bits per heavy atom. The number of ether oxygens (including phenoxy) is 1. The lowest BCUT2D eigenvalue weighted by Gasteiger charge is -2.37. The molecule has 3 heterocycles. The van der Waals surface area contributed by atoms with Crippen LogP contribution in [0, 0.1) is 5.92 Å². The van der Waals surface area contributed by atoms with E-state index in [1.165, 1.54) is 11.3 Å². The molecule has 46 heavy (non-hydrogen) atoms. The first-order valence-corrected chi connectivity index (χ1v) is 16.1. The lowest BCUT2D eigenvalue weighted by Crippen LogP contribution is -2.38. The zero-order valence-corrected chi connectivity index (χ0v) is 27.3. The van der Waals surface area contributed by atoms with Gasteiger partial charge in [-0.05, 0) is 49.4 Å². The molecule has 1 atom stereocenters. The summed E-state index contributed by atoms with van der Waals surface area (Å²) >= 11 is 1.34. The average Bonchev–Trinajstić information content (AvgIpc) is 3.70. The fourth-order valence-corrected chi connectivity index (χ4v) is 6.79. The second kappa shape index (κ2) is 12.4. The predicted octanol–water partition coefficient (Wildman–Crippen LogP) is 7.91. The van der Waals surface area contributed by atoms with Gasteiger partial charge in [-0.3, -0.25) is 4.79 Å². The number of benzene rings is 3. The van der Waals surface area contributed by atoms with Crippen molar-refractivity contribution in [1.82, 2.24) is 24.8 Å². The molecule has 0 saturated heterocycles. The molecule has 0 radical (unpaired) electrons. The quantitative estimate of drug-likeness (QED) is 0.166. The molecule has 3 aromatic heterocycles. The molecule has 0 fully saturated rings. The van der Waals surface area contributed by atoms with Crippen LogP contribution in [0.15, 0.2) is 114 Å². The van der Waals surface area contributed by atoms with E-state index in [0.29, 0.717) is 16.0 Å². The summed E-state index contributed by atoms with van der Waals surface area (Å²) in [5, 5.41) is 2.88. The number of carbonyl (C=O) groups excluding carboxylic acids is 1. The number of nitrogens with one attached hydrogen (secondary N) is 2. The van der Waals surface area contributed by atoms with Gasteiger partial charge in [0.05, 0.1) is 28.5 Å². The molecule has 8 nitrogen and oxygen atoms in total. The Labute approximate surface area is 272 Å². The summed E-state index contributed by atoms with van der Waals surface area (Å²) in [6.45, 7) is 9.33. The lowest BCUT2D eigenvalue weighted by atomic mass is 9.77. The molecule has 9 heteroatoms. The summed E-state index contributed by atoms with van der Waals surface area (Å²) in [4.78, 5) is 39.4. The van der Waals surface area contributed by atoms with E-state index < -0.39 is 23.3 Å². The van der Waals surface area contributed by atoms with Crippen LogP contribution in [0.3, 0.4) is 0 Å². The highest BCUT2D eigenvalue weighted by Gasteiger charge is 2.38. The smallest absolute Gasteiger partial charge is 0.408 e. The van der Waals surface area contributed by atoms with E-state index in [4.69, 9.17) is 14.7 Å². The largest absolute Gasteiger partial charge is 0.444 e. The zero-order chi connectivity index (χ0) is 32.5. The molecule has 2 N–H and O–H groups in total. The lowest BCUT2D eigenvalue weighted by molar-refractivity contribution is 0.0486. The minimum absolute atomic E-state index is 0.0518. The van der Waals surface area contributed by atoms with Crippen molar-refractivity contribution >= 4 is 27.6 Å². The maximum absolute atomic E-state index is 13.4. The Balaban J connectivity index is 1.44. The van der Waals surface area contributed by atoms with Gasteiger partial charge < -0.3 is 19.6 Å². The SMILES string of the molecule is CC(C)C(NC(=O)OC(C)(C)C)c1nc2cc(-c3cn(C(c4ccccc4)(c4ccccc4)c4ccccc4)cn3)sc2c(=O)[nH]1. The van der Waals surface area contributed by atoms with Crippen LogP contribution in [-0.2, 0) is 10.3 Å². The molecule has 0 saturated carbocycles. The van der Waals surface area contributed by atoms with Crippen molar-refractivity contribution in [1.29, 1.82) is 0 Å². The van der Waals surface area contributed by atoms with Gasteiger partial charge in [0, 0.05) is 6.20 Å². The van der Waals surface area contributed by atoms with Gasteiger partial charge in [0.15, 0.2) is 0 Å². The van der Waals surface area contributed by atoms with Crippen molar-refractivity contribution in [3.8, 4) is 10.6 Å². The van der Waals surface area contributed by atoms with E-state index in [-0.39, 0.29) is 11.5 Å². The number of rotatable bonds is 8. The molecular formula is C37H37N5O3S. The van der Waals surface area contributed by atoms with Gasteiger partial charge in [0.2, 0.25) is 0 Å². The summed E-state index contributed by atoms with van der Waals surface area (Å²) in [7, 11) is 0. The Kier molecular flexibility index (Phi) is 8.35. The van der Waals surface area contributed by atoms with Gasteiger partial charge in [0.25, 0.3) is 5.56 Å². The topological polar surface area (TPSA) is 102 Å². The molecule has 6 rings (SSSR count). The molecule has 0 aliphatic rings. The highest BCUT2D eigenvalue weighted by Crippen LogP contribution is 2.42. The van der Waals surface area contributed by atoms with E-state index in [1.54, 1.807) is 20.8 Å². The standard InChI is InChI=1S/C37H37N5O3S/c1-24(2)31(40-35(44)45-36(3,4)5)33-39-28-21-30(46-32(28)34(43)41-33)29-22-42(23-38-29)37(25-15-9-6-10-16-25,26-17-11-7-12-18-26)27-19-13-8-14-20-27/h6-24,31H,1-5H3,(H,40,44)(H,39,41,43). The first kappa shape index (κ1) is 31.0. The molecule has 1 amide bonds. The van der Waals surface area contributed by atoms with Crippen molar-refractivity contribution < 1.29 is 9.53 Å². The van der Waals surface area contributed by atoms with Crippen LogP contribution in [0.4, 0.5) is 4.79 Å². The first-order chi connectivity index (χ1) is 22.1. The monoisotopic (exact) mass is 631 g/mol. The van der Waals surface area contributed by atoms with E-state index in [1.807, 2.05) is 50.6 Å². The molecule has 0 bridgehead atoms. The Morgan fingerprint density at radius 1 is 0.891 bits per heavy atom. The molecule has 234 valence electrons. The van der Waals surface area contributed by atoms with Crippen molar-refractivity contribution in [2.75, 3.05) is 0 Å². The Hall–Kier alpha value is -5.02. The van der Waals surface area contributed by atoms with Crippen molar-refractivity contribution in [3.63, 3.8) is 0 Å². The number of imidazole rings is 1. The molecular weight excluding hydrogens is 595 g/mol. The maximum Gasteiger partial charge on any atom is 0.408 e. The summed E-state index contributed by atoms with van der Waals surface area (Å²) < 4.78 is 8.11. The predicted molar refractivity (Wildman–Crippen MR) is 183 cm³/mol. The second-order valence-corrected chi connectivity index (χ2v) is 13.7. The molecule has 0 aliphatic carbocycles. The fourth-order valence-electron chi connectivity index (χ4n) is 5.84. The Morgan fingerprint density at radius 3 is 1.93 bits per heavy atom. The van der Waals surface area contributed by atoms with Gasteiger partial charge in [-0.25, -0.2) is 14.8 Å². The molecule has 0 aliphatic heterocycles. The molecule has 3 aromatic carbocycles. The third-order valence-corrected chi connectivity index (χ3v) is 8.98. The molecule has 0 spiro atoms. The van der Waals surface area contributed by atoms with Crippen LogP contribution >= 0.6 is 11.3 Å². The number of H-pyrrole nitrogens is 1. The average molecular weight is 632 g/mol. The number of alkyl carbamates (subject to hydrolysis) is 1. The number of hydrogen-bond donors (Lipinski definition) is 2. The van der Waals surface area contributed by atoms with Crippen molar-refractivity contribution in [3.05, 3.63) is 142 Å². The minimum Gasteiger partial charge on any atom is -0.444 e. The number of nitrogens with zero attached hydrogens (tertiary/aromatic N) is 3. The normalized spacial score (nSPS) is 12.7. The van der Waals surface area contributed by atoms with Crippen molar-refractivity contribution in [2.45, 2.75) is 51.8 Å². The second-order valence-electron chi connectivity index (χ2n) is 12.6. The van der Waals surface area contributed by atoms with Crippen LogP contribution in [0.2, 0.25) is 0 Å². The van der Waals surface area contributed by atoms with Crippen LogP contribution < -0.4 is 10.9 Å². The number of aromatic amines is 1. The van der Waals surface area contributed by atoms with Gasteiger partial charge in [0.1, 0.15) is 21.7 Å². The number of amides is 1. The molecule has 1 unspecified atom stereocenters. The maximum atomic E-state index is 13.4. The summed E-state index contributed by atoms with van der Waals surface area (Å²) in [5.74, 6) is 0.327. The Bertz CT molecular complexity index is 1910. The van der Waals surface area contributed by atoms with Crippen LogP contribution in [-0.4, -0.2) is 31.2 Å². The van der Waals surface area contributed by atoms with E-state index in [9.17, 15) is 9.59 Å². The first-order valence-electron chi connectivity index (χ1n) is 15.3. The van der Waals surface area contributed by atoms with Gasteiger partial charge in [-0.15, -0.1) is 11.3 Å². The number of hydrogen-bond acceptors (Lipinski definition) is 6. The molecule has 6 aromatic rings. The third-order valence-electron chi connectivity index (χ3n) is 7.83. The van der Waals surface area contributed by atoms with Crippen LogP contribution in [0.25, 0.3) is 20.8 Å². The fraction of sp³-hybridized carbons (Fsp3) is 0.243. The highest BCUT2D eigenvalue weighted by atomic mass is 32.1. The minimum atomic E-state index is -0.702. The number of aromatic nitrogens is 4. The summed E-state index contributed by atoms with van der Waals surface area (Å²) in [6.07, 6.45) is 3.33. The summed E-state index contributed by atoms with van der Waals surface area (Å²) in [6, 6.07) is 32.6. The van der Waals surface area contributed by atoms with E-state index in [0.717, 1.165) is 27.3 Å². The number of thiophene rings is 1. The number of fused-ring (bicyclic) bond motifs is 1. The van der Waals surface area contributed by atoms with Gasteiger partial charge >= 0.3 is 6.09 Å².